The number of amides is 4. The summed E-state index contributed by atoms with van der Waals surface area (Å²) in [6.45, 7) is 3.70. The fraction of sp³-hybridized carbons (Fsp3) is 0.591. The van der Waals surface area contributed by atoms with Crippen LogP contribution in [0.1, 0.15) is 19.8 Å². The van der Waals surface area contributed by atoms with Crippen LogP contribution >= 0.6 is 0 Å². The molecule has 0 aliphatic carbocycles. The van der Waals surface area contributed by atoms with Crippen molar-refractivity contribution in [2.75, 3.05) is 62.2 Å². The Morgan fingerprint density at radius 3 is 2.54 bits per heavy atom. The monoisotopic (exact) mass is 496 g/mol. The van der Waals surface area contributed by atoms with Crippen molar-refractivity contribution < 1.29 is 32.7 Å². The summed E-state index contributed by atoms with van der Waals surface area (Å²) in [6, 6.07) is 1.85. The number of ether oxygens (including phenoxy) is 1. The predicted octanol–water partition coefficient (Wildman–Crippen LogP) is 0.941. The molecule has 4 rings (SSSR count). The molecular weight excluding hydrogens is 466 g/mol. The van der Waals surface area contributed by atoms with Crippen LogP contribution in [0.4, 0.5) is 29.7 Å². The van der Waals surface area contributed by atoms with E-state index in [0.717, 1.165) is 43.0 Å². The van der Waals surface area contributed by atoms with Crippen LogP contribution in [-0.4, -0.2) is 87.7 Å². The summed E-state index contributed by atoms with van der Waals surface area (Å²) in [7, 11) is 0. The summed E-state index contributed by atoms with van der Waals surface area (Å²) >= 11 is 0. The van der Waals surface area contributed by atoms with E-state index in [0.29, 0.717) is 0 Å². The van der Waals surface area contributed by atoms with Crippen LogP contribution in [0.5, 0.6) is 0 Å². The molecule has 3 aliphatic heterocycles. The van der Waals surface area contributed by atoms with Crippen molar-refractivity contribution in [3.05, 3.63) is 23.8 Å². The maximum Gasteiger partial charge on any atom is 0.414 e. The number of halogens is 2. The largest absolute Gasteiger partial charge is 0.442 e. The highest BCUT2D eigenvalue weighted by molar-refractivity contribution is 5.90. The molecule has 3 aliphatic rings. The lowest BCUT2D eigenvalue weighted by Gasteiger charge is -2.27. The topological polar surface area (TPSA) is 115 Å². The molecule has 0 radical (unpaired) electrons. The second kappa shape index (κ2) is 11.0. The van der Waals surface area contributed by atoms with Gasteiger partial charge in [0.1, 0.15) is 11.8 Å². The number of hydrogen-bond acceptors (Lipinski definition) is 7. The standard InChI is InChI=1S/C22H30F2N6O5/c1-14(31)26-12-17-13-29(22(33)35-17)16-10-18(23)20(19(24)11-16)28-6-7-30(34-9-8-28)21(32)27-15-2-4-25-5-3-15/h10-11,15,17,25H,2-9,12-13H2,1H3,(H,26,31)(H,27,32)/t17-/m0/s1. The average molecular weight is 497 g/mol. The van der Waals surface area contributed by atoms with Crippen LogP contribution in [0.2, 0.25) is 0 Å². The Morgan fingerprint density at radius 2 is 1.86 bits per heavy atom. The third-order valence-corrected chi connectivity index (χ3v) is 6.16. The Kier molecular flexibility index (Phi) is 7.86. The summed E-state index contributed by atoms with van der Waals surface area (Å²) < 4.78 is 35.3. The lowest BCUT2D eigenvalue weighted by atomic mass is 10.1. The molecule has 3 fully saturated rings. The van der Waals surface area contributed by atoms with Crippen LogP contribution in [0.15, 0.2) is 12.1 Å². The number of cyclic esters (lactones) is 1. The van der Waals surface area contributed by atoms with Gasteiger partial charge in [0.2, 0.25) is 5.91 Å². The second-order valence-electron chi connectivity index (χ2n) is 8.71. The molecule has 4 amide bonds. The van der Waals surface area contributed by atoms with E-state index in [9.17, 15) is 14.4 Å². The number of rotatable bonds is 5. The van der Waals surface area contributed by atoms with Gasteiger partial charge in [0.05, 0.1) is 31.9 Å². The van der Waals surface area contributed by atoms with Gasteiger partial charge in [-0.15, -0.1) is 0 Å². The number of nitrogens with zero attached hydrogens (tertiary/aromatic N) is 3. The number of carbonyl (C=O) groups excluding carboxylic acids is 3. The van der Waals surface area contributed by atoms with Crippen molar-refractivity contribution in [2.24, 2.45) is 0 Å². The number of carbonyl (C=O) groups is 3. The van der Waals surface area contributed by atoms with Gasteiger partial charge in [0, 0.05) is 38.2 Å². The molecule has 1 aromatic carbocycles. The van der Waals surface area contributed by atoms with E-state index in [1.165, 1.54) is 16.9 Å². The van der Waals surface area contributed by atoms with Crippen LogP contribution in [0.25, 0.3) is 0 Å². The van der Waals surface area contributed by atoms with Gasteiger partial charge in [-0.05, 0) is 25.9 Å². The minimum absolute atomic E-state index is 0.0214. The first-order valence-corrected chi connectivity index (χ1v) is 11.7. The maximum atomic E-state index is 15.1. The molecule has 192 valence electrons. The predicted molar refractivity (Wildman–Crippen MR) is 122 cm³/mol. The first-order chi connectivity index (χ1) is 16.8. The van der Waals surface area contributed by atoms with Crippen molar-refractivity contribution in [3.8, 4) is 0 Å². The van der Waals surface area contributed by atoms with E-state index < -0.39 is 23.8 Å². The third-order valence-electron chi connectivity index (χ3n) is 6.16. The van der Waals surface area contributed by atoms with Gasteiger partial charge in [-0.25, -0.2) is 23.4 Å². The molecule has 13 heteroatoms. The summed E-state index contributed by atoms with van der Waals surface area (Å²) in [4.78, 5) is 44.0. The van der Waals surface area contributed by atoms with Gasteiger partial charge in [-0.2, -0.15) is 0 Å². The van der Waals surface area contributed by atoms with E-state index in [2.05, 4.69) is 16.0 Å². The van der Waals surface area contributed by atoms with Crippen LogP contribution in [-0.2, 0) is 14.4 Å². The summed E-state index contributed by atoms with van der Waals surface area (Å²) in [5.74, 6) is -1.96. The van der Waals surface area contributed by atoms with Gasteiger partial charge in [-0.1, -0.05) is 0 Å². The SMILES string of the molecule is CC(=O)NC[C@H]1CN(c2cc(F)c(N3CCON(C(=O)NC4CCNCC4)CC3)c(F)c2)C(=O)O1. The molecule has 0 saturated carbocycles. The Hall–Kier alpha value is -3.19. The fourth-order valence-corrected chi connectivity index (χ4v) is 4.35. The molecule has 0 bridgehead atoms. The minimum atomic E-state index is -0.842. The number of hydroxylamine groups is 2. The first-order valence-electron chi connectivity index (χ1n) is 11.7. The lowest BCUT2D eigenvalue weighted by molar-refractivity contribution is -0.119. The highest BCUT2D eigenvalue weighted by Gasteiger charge is 2.34. The third kappa shape index (κ3) is 6.09. The molecule has 1 atom stereocenters. The first kappa shape index (κ1) is 24.9. The summed E-state index contributed by atoms with van der Waals surface area (Å²) in [5.41, 5.74) is -0.228. The fourth-order valence-electron chi connectivity index (χ4n) is 4.35. The number of hydrogen-bond donors (Lipinski definition) is 3. The van der Waals surface area contributed by atoms with Gasteiger partial charge >= 0.3 is 12.1 Å². The molecule has 0 spiro atoms. The number of benzene rings is 1. The van der Waals surface area contributed by atoms with E-state index in [1.807, 2.05) is 0 Å². The molecule has 3 heterocycles. The molecular formula is C22H30F2N6O5. The highest BCUT2D eigenvalue weighted by Crippen LogP contribution is 2.31. The number of nitrogens with one attached hydrogen (secondary N) is 3. The minimum Gasteiger partial charge on any atom is -0.442 e. The number of urea groups is 1. The highest BCUT2D eigenvalue weighted by atomic mass is 19.1. The average Bonchev–Trinajstić information content (AvgIpc) is 3.02. The molecule has 0 unspecified atom stereocenters. The van der Waals surface area contributed by atoms with Gasteiger partial charge in [0.15, 0.2) is 11.6 Å². The van der Waals surface area contributed by atoms with Crippen molar-refractivity contribution >= 4 is 29.4 Å². The van der Waals surface area contributed by atoms with Crippen molar-refractivity contribution in [1.29, 1.82) is 0 Å². The van der Waals surface area contributed by atoms with E-state index in [-0.39, 0.29) is 68.7 Å². The molecule has 0 aromatic heterocycles. The van der Waals surface area contributed by atoms with Crippen LogP contribution in [0.3, 0.4) is 0 Å². The molecule has 3 N–H and O–H groups in total. The number of anilines is 2. The quantitative estimate of drug-likeness (QED) is 0.556. The molecule has 11 nitrogen and oxygen atoms in total. The van der Waals surface area contributed by atoms with E-state index in [4.69, 9.17) is 9.57 Å². The molecule has 1 aromatic rings. The zero-order valence-electron chi connectivity index (χ0n) is 19.5. The van der Waals surface area contributed by atoms with Crippen LogP contribution < -0.4 is 25.8 Å². The van der Waals surface area contributed by atoms with Gasteiger partial charge < -0.3 is 25.6 Å². The summed E-state index contributed by atoms with van der Waals surface area (Å²) in [6.07, 6.45) is 0.285. The van der Waals surface area contributed by atoms with E-state index in [1.54, 1.807) is 0 Å². The Balaban J connectivity index is 1.39. The van der Waals surface area contributed by atoms with Gasteiger partial charge in [0.25, 0.3) is 0 Å². The lowest BCUT2D eigenvalue weighted by Crippen LogP contribution is -2.49. The molecule has 3 saturated heterocycles. The molecule has 35 heavy (non-hydrogen) atoms. The Bertz CT molecular complexity index is 937. The Labute approximate surface area is 201 Å². The Morgan fingerprint density at radius 1 is 1.14 bits per heavy atom. The second-order valence-corrected chi connectivity index (χ2v) is 8.71. The summed E-state index contributed by atoms with van der Waals surface area (Å²) in [5, 5.41) is 9.91. The van der Waals surface area contributed by atoms with Crippen molar-refractivity contribution in [1.82, 2.24) is 21.0 Å². The zero-order valence-corrected chi connectivity index (χ0v) is 19.5. The van der Waals surface area contributed by atoms with Crippen LogP contribution in [0, 0.1) is 11.6 Å². The van der Waals surface area contributed by atoms with Gasteiger partial charge in [-0.3, -0.25) is 14.5 Å². The zero-order chi connectivity index (χ0) is 24.9. The van der Waals surface area contributed by atoms with E-state index >= 15 is 8.78 Å². The smallest absolute Gasteiger partial charge is 0.414 e. The maximum absolute atomic E-state index is 15.1. The number of piperidine rings is 1. The van der Waals surface area contributed by atoms with Crippen molar-refractivity contribution in [2.45, 2.75) is 31.9 Å². The normalized spacial score (nSPS) is 21.5. The van der Waals surface area contributed by atoms with Crippen molar-refractivity contribution in [3.63, 3.8) is 0 Å².